The summed E-state index contributed by atoms with van der Waals surface area (Å²) in [6.07, 6.45) is 22.1. The van der Waals surface area contributed by atoms with E-state index in [-0.39, 0.29) is 25.6 Å². The third kappa shape index (κ3) is 25.2. The lowest BCUT2D eigenvalue weighted by molar-refractivity contribution is -0.890. The molecule has 0 fully saturated rings. The maximum absolute atomic E-state index is 10.7. The van der Waals surface area contributed by atoms with Gasteiger partial charge in [0.1, 0.15) is 0 Å². The predicted octanol–water partition coefficient (Wildman–Crippen LogP) is 3.90. The van der Waals surface area contributed by atoms with Gasteiger partial charge in [-0.05, 0) is 25.8 Å². The molecule has 0 radical (unpaired) electrons. The Hall–Kier alpha value is -0.153. The van der Waals surface area contributed by atoms with E-state index in [9.17, 15) is 32.8 Å². The molecule has 0 atom stereocenters. The van der Waals surface area contributed by atoms with E-state index in [0.717, 1.165) is 24.0 Å². The van der Waals surface area contributed by atoms with Crippen molar-refractivity contribution in [3.63, 3.8) is 0 Å². The molecule has 0 spiro atoms. The average Bonchev–Trinajstić information content (AvgIpc) is 2.92. The van der Waals surface area contributed by atoms with Gasteiger partial charge in [0, 0.05) is 18.2 Å². The minimum absolute atomic E-state index is 0.000799. The van der Waals surface area contributed by atoms with Gasteiger partial charge in [0.2, 0.25) is 0 Å². The van der Waals surface area contributed by atoms with Crippen molar-refractivity contribution >= 4 is 18.9 Å². The van der Waals surface area contributed by atoms with Crippen LogP contribution in [0.2, 0.25) is 6.04 Å². The summed E-state index contributed by atoms with van der Waals surface area (Å²) in [6, 6.07) is 0.106. The summed E-state index contributed by atoms with van der Waals surface area (Å²) in [6.45, 7) is 2.67. The smallest absolute Gasteiger partial charge is 0.495 e. The van der Waals surface area contributed by atoms with Crippen LogP contribution in [-0.4, -0.2) is 111 Å². The highest BCUT2D eigenvalue weighted by Crippen LogP contribution is 2.16. The number of unbranched alkanes of at least 4 members (excludes halogenated alkanes) is 15. The molecule has 0 heterocycles. The number of aliphatic hydroxyl groups excluding tert-OH is 2. The molecule has 0 bridgehead atoms. The molecule has 0 amide bonds. The molecular formula is C30H66N2O8SSi. The van der Waals surface area contributed by atoms with E-state index in [2.05, 4.69) is 26.3 Å². The van der Waals surface area contributed by atoms with Crippen LogP contribution in [0.15, 0.2) is 0 Å². The second-order valence-corrected chi connectivity index (χ2v) is 16.8. The Morgan fingerprint density at radius 2 is 1.17 bits per heavy atom. The normalized spacial score (nSPS) is 13.2. The zero-order valence-corrected chi connectivity index (χ0v) is 29.0. The number of nitrogens with zero attached hydrogens (tertiary/aromatic N) is 1. The standard InChI is InChI=1S/C30H66N2O8SSi/c1-4-5-6-7-8-9-10-11-12-13-14-15-16-17-18-19-23-32(2,3)24-21-26-42(38,39)40-29-30(27-33,28-34)31-22-20-25-41(35,36)37/h31,33-34,38-39H,4-29H2,1-3H3. The van der Waals surface area contributed by atoms with Crippen LogP contribution in [0.5, 0.6) is 0 Å². The van der Waals surface area contributed by atoms with Gasteiger partial charge in [-0.15, -0.1) is 0 Å². The molecule has 0 saturated carbocycles. The summed E-state index contributed by atoms with van der Waals surface area (Å²) in [7, 11) is -4.07. The topological polar surface area (TPSA) is 159 Å². The van der Waals surface area contributed by atoms with Gasteiger partial charge in [-0.3, -0.25) is 0 Å². The number of hydrogen-bond acceptors (Lipinski definition) is 9. The molecule has 0 rings (SSSR count). The molecule has 0 unspecified atom stereocenters. The molecule has 12 heteroatoms. The summed E-state index contributed by atoms with van der Waals surface area (Å²) in [5.41, 5.74) is -1.36. The summed E-state index contributed by atoms with van der Waals surface area (Å²) >= 11 is 0. The SMILES string of the molecule is CCCCCCCCCCCCCCCCCC[N+](C)(C)CCC[Si](O)(O)OCC(CO)(CO)NCCCS(=O)(=O)[O-]. The van der Waals surface area contributed by atoms with Crippen molar-refractivity contribution in [1.29, 1.82) is 0 Å². The zero-order chi connectivity index (χ0) is 31.8. The van der Waals surface area contributed by atoms with Crippen molar-refractivity contribution in [3.8, 4) is 0 Å². The summed E-state index contributed by atoms with van der Waals surface area (Å²) in [4.78, 5) is 20.8. The van der Waals surface area contributed by atoms with Gasteiger partial charge in [0.05, 0.1) is 62.7 Å². The molecule has 0 saturated heterocycles. The first-order valence-electron chi connectivity index (χ1n) is 16.6. The van der Waals surface area contributed by atoms with Gasteiger partial charge in [0.25, 0.3) is 0 Å². The van der Waals surface area contributed by atoms with Crippen molar-refractivity contribution in [2.24, 2.45) is 0 Å². The molecule has 0 aliphatic heterocycles. The van der Waals surface area contributed by atoms with Crippen molar-refractivity contribution in [2.45, 2.75) is 134 Å². The van der Waals surface area contributed by atoms with E-state index in [0.29, 0.717) is 6.42 Å². The van der Waals surface area contributed by atoms with Crippen molar-refractivity contribution in [3.05, 3.63) is 0 Å². The van der Waals surface area contributed by atoms with Gasteiger partial charge in [0.15, 0.2) is 0 Å². The van der Waals surface area contributed by atoms with Crippen LogP contribution in [0.3, 0.4) is 0 Å². The number of rotatable bonds is 31. The fourth-order valence-electron chi connectivity index (χ4n) is 5.17. The first kappa shape index (κ1) is 41.8. The molecule has 0 aromatic rings. The molecule has 0 aliphatic rings. The van der Waals surface area contributed by atoms with Crippen LogP contribution in [0.4, 0.5) is 0 Å². The fourth-order valence-corrected chi connectivity index (χ4v) is 6.94. The highest BCUT2D eigenvalue weighted by atomic mass is 32.2. The highest BCUT2D eigenvalue weighted by Gasteiger charge is 2.38. The Morgan fingerprint density at radius 1 is 0.738 bits per heavy atom. The van der Waals surface area contributed by atoms with Crippen LogP contribution < -0.4 is 5.32 Å². The number of aliphatic hydroxyl groups is 2. The van der Waals surface area contributed by atoms with Crippen LogP contribution in [0.1, 0.15) is 122 Å². The monoisotopic (exact) mass is 642 g/mol. The summed E-state index contributed by atoms with van der Waals surface area (Å²) < 4.78 is 38.4. The van der Waals surface area contributed by atoms with Crippen LogP contribution in [-0.2, 0) is 14.5 Å². The lowest BCUT2D eigenvalue weighted by atomic mass is 10.0. The molecule has 5 N–H and O–H groups in total. The fraction of sp³-hybridized carbons (Fsp3) is 1.00. The molecule has 0 aliphatic carbocycles. The first-order chi connectivity index (χ1) is 19.8. The van der Waals surface area contributed by atoms with E-state index < -0.39 is 43.4 Å². The molecule has 42 heavy (non-hydrogen) atoms. The van der Waals surface area contributed by atoms with Gasteiger partial charge in [-0.25, -0.2) is 8.42 Å². The Labute approximate surface area is 259 Å². The molecule has 254 valence electrons. The Balaban J connectivity index is 3.96. The number of nitrogens with one attached hydrogen (secondary N) is 1. The Kier molecular flexibility index (Phi) is 24.0. The zero-order valence-electron chi connectivity index (χ0n) is 27.2. The van der Waals surface area contributed by atoms with E-state index in [1.165, 1.54) is 96.3 Å². The molecular weight excluding hydrogens is 576 g/mol. The molecule has 0 aromatic carbocycles. The van der Waals surface area contributed by atoms with Gasteiger partial charge in [-0.2, -0.15) is 0 Å². The average molecular weight is 643 g/mol. The maximum atomic E-state index is 10.7. The van der Waals surface area contributed by atoms with Crippen molar-refractivity contribution < 1.29 is 41.7 Å². The van der Waals surface area contributed by atoms with E-state index >= 15 is 0 Å². The highest BCUT2D eigenvalue weighted by molar-refractivity contribution is 7.85. The van der Waals surface area contributed by atoms with Crippen molar-refractivity contribution in [1.82, 2.24) is 5.32 Å². The van der Waals surface area contributed by atoms with Crippen LogP contribution >= 0.6 is 0 Å². The van der Waals surface area contributed by atoms with Gasteiger partial charge >= 0.3 is 8.80 Å². The quantitative estimate of drug-likeness (QED) is 0.0327. The van der Waals surface area contributed by atoms with Crippen LogP contribution in [0.25, 0.3) is 0 Å². The third-order valence-electron chi connectivity index (χ3n) is 8.14. The van der Waals surface area contributed by atoms with Gasteiger partial charge < -0.3 is 38.6 Å². The molecule has 0 aromatic heterocycles. The predicted molar refractivity (Wildman–Crippen MR) is 171 cm³/mol. The number of quaternary nitrogens is 1. The van der Waals surface area contributed by atoms with Gasteiger partial charge in [-0.1, -0.05) is 96.8 Å². The largest absolute Gasteiger partial charge is 0.748 e. The Bertz CT molecular complexity index is 737. The maximum Gasteiger partial charge on any atom is 0.495 e. The Morgan fingerprint density at radius 3 is 1.60 bits per heavy atom. The van der Waals surface area contributed by atoms with Crippen LogP contribution in [0, 0.1) is 0 Å². The lowest BCUT2D eigenvalue weighted by Crippen LogP contribution is -2.58. The summed E-state index contributed by atoms with van der Waals surface area (Å²) in [5, 5.41) is 22.2. The second kappa shape index (κ2) is 24.1. The summed E-state index contributed by atoms with van der Waals surface area (Å²) in [5.74, 6) is -0.569. The second-order valence-electron chi connectivity index (χ2n) is 13.0. The van der Waals surface area contributed by atoms with E-state index in [1.807, 2.05) is 0 Å². The van der Waals surface area contributed by atoms with Crippen molar-refractivity contribution in [2.75, 3.05) is 59.3 Å². The third-order valence-corrected chi connectivity index (χ3v) is 10.5. The lowest BCUT2D eigenvalue weighted by Gasteiger charge is -2.34. The van der Waals surface area contributed by atoms with E-state index in [4.69, 9.17) is 4.43 Å². The van der Waals surface area contributed by atoms with E-state index in [1.54, 1.807) is 0 Å². The first-order valence-corrected chi connectivity index (χ1v) is 20.2. The molecule has 10 nitrogen and oxygen atoms in total. The minimum Gasteiger partial charge on any atom is -0.748 e. The number of hydrogen-bond donors (Lipinski definition) is 5. The minimum atomic E-state index is -4.35.